The molecule has 0 saturated carbocycles. The van der Waals surface area contributed by atoms with Crippen LogP contribution in [0.25, 0.3) is 0 Å². The summed E-state index contributed by atoms with van der Waals surface area (Å²) in [6, 6.07) is 23.5. The van der Waals surface area contributed by atoms with Gasteiger partial charge in [-0.2, -0.15) is 0 Å². The predicted octanol–water partition coefficient (Wildman–Crippen LogP) is 4.23. The van der Waals surface area contributed by atoms with Crippen LogP contribution in [0.1, 0.15) is 21.5 Å². The third kappa shape index (κ3) is 3.64. The highest BCUT2D eigenvalue weighted by molar-refractivity contribution is 6.30. The second-order valence-electron chi connectivity index (χ2n) is 6.73. The molecule has 0 bridgehead atoms. The van der Waals surface area contributed by atoms with Crippen LogP contribution in [0.5, 0.6) is 0 Å². The molecule has 1 atom stereocenters. The first-order valence-corrected chi connectivity index (χ1v) is 9.50. The number of rotatable bonds is 4. The van der Waals surface area contributed by atoms with E-state index in [1.165, 1.54) is 0 Å². The van der Waals surface area contributed by atoms with Crippen molar-refractivity contribution in [3.63, 3.8) is 0 Å². The zero-order valence-electron chi connectivity index (χ0n) is 15.1. The molecular formula is C23H19ClN2O2. The summed E-state index contributed by atoms with van der Waals surface area (Å²) >= 11 is 5.91. The fourth-order valence-electron chi connectivity index (χ4n) is 3.48. The van der Waals surface area contributed by atoms with Crippen LogP contribution in [0.2, 0.25) is 5.02 Å². The predicted molar refractivity (Wildman–Crippen MR) is 110 cm³/mol. The highest BCUT2D eigenvalue weighted by atomic mass is 35.5. The normalized spacial score (nSPS) is 15.2. The molecule has 1 aliphatic rings. The largest absolute Gasteiger partial charge is 0.350 e. The summed E-state index contributed by atoms with van der Waals surface area (Å²) in [5, 5.41) is 3.61. The second kappa shape index (κ2) is 7.87. The summed E-state index contributed by atoms with van der Waals surface area (Å²) in [5.74, 6) is -0.340. The van der Waals surface area contributed by atoms with E-state index < -0.39 is 6.04 Å². The molecule has 0 radical (unpaired) electrons. The van der Waals surface area contributed by atoms with Gasteiger partial charge >= 0.3 is 0 Å². The van der Waals surface area contributed by atoms with Crippen molar-refractivity contribution >= 4 is 29.1 Å². The first kappa shape index (κ1) is 18.3. The lowest BCUT2D eigenvalue weighted by Gasteiger charge is -2.25. The van der Waals surface area contributed by atoms with Crippen LogP contribution in [0.3, 0.4) is 0 Å². The zero-order chi connectivity index (χ0) is 19.5. The molecule has 1 N–H and O–H groups in total. The van der Waals surface area contributed by atoms with Crippen molar-refractivity contribution in [1.82, 2.24) is 5.32 Å². The van der Waals surface area contributed by atoms with E-state index >= 15 is 0 Å². The van der Waals surface area contributed by atoms with Crippen molar-refractivity contribution < 1.29 is 9.59 Å². The average molecular weight is 391 g/mol. The van der Waals surface area contributed by atoms with Crippen LogP contribution in [0, 0.1) is 0 Å². The molecule has 1 heterocycles. The van der Waals surface area contributed by atoms with Crippen LogP contribution in [0.4, 0.5) is 5.69 Å². The van der Waals surface area contributed by atoms with Gasteiger partial charge in [-0.3, -0.25) is 14.5 Å². The van der Waals surface area contributed by atoms with E-state index in [4.69, 9.17) is 11.6 Å². The Bertz CT molecular complexity index is 1000. The standard InChI is InChI=1S/C23H19ClN2O2/c24-19-12-10-16(11-13-19)15-25-22(27)21-14-18-8-4-5-9-20(18)26(21)23(28)17-6-2-1-3-7-17/h1-13,21H,14-15H2,(H,25,27). The van der Waals surface area contributed by atoms with Gasteiger partial charge in [0.1, 0.15) is 6.04 Å². The summed E-state index contributed by atoms with van der Waals surface area (Å²) < 4.78 is 0. The summed E-state index contributed by atoms with van der Waals surface area (Å²) in [4.78, 5) is 27.7. The van der Waals surface area contributed by atoms with Crippen molar-refractivity contribution in [1.29, 1.82) is 0 Å². The Kier molecular flexibility index (Phi) is 5.13. The molecule has 4 nitrogen and oxygen atoms in total. The molecule has 0 aliphatic carbocycles. The van der Waals surface area contributed by atoms with Gasteiger partial charge in [-0.05, 0) is 41.5 Å². The van der Waals surface area contributed by atoms with Crippen molar-refractivity contribution in [2.24, 2.45) is 0 Å². The number of carbonyl (C=O) groups is 2. The second-order valence-corrected chi connectivity index (χ2v) is 7.17. The minimum Gasteiger partial charge on any atom is -0.350 e. The van der Waals surface area contributed by atoms with E-state index in [-0.39, 0.29) is 11.8 Å². The minimum atomic E-state index is -0.572. The lowest BCUT2D eigenvalue weighted by atomic mass is 10.1. The van der Waals surface area contributed by atoms with Gasteiger partial charge < -0.3 is 5.32 Å². The van der Waals surface area contributed by atoms with Gasteiger partial charge in [-0.15, -0.1) is 0 Å². The molecule has 3 aromatic carbocycles. The van der Waals surface area contributed by atoms with E-state index in [1.54, 1.807) is 29.2 Å². The average Bonchev–Trinajstić information content (AvgIpc) is 3.13. The Labute approximate surface area is 168 Å². The molecule has 140 valence electrons. The van der Waals surface area contributed by atoms with Gasteiger partial charge in [-0.1, -0.05) is 60.1 Å². The molecule has 28 heavy (non-hydrogen) atoms. The van der Waals surface area contributed by atoms with Crippen LogP contribution in [0.15, 0.2) is 78.9 Å². The van der Waals surface area contributed by atoms with Crippen LogP contribution >= 0.6 is 11.6 Å². The van der Waals surface area contributed by atoms with E-state index in [1.807, 2.05) is 54.6 Å². The Hall–Kier alpha value is -3.11. The molecule has 1 aliphatic heterocycles. The molecule has 3 aromatic rings. The molecule has 0 aromatic heterocycles. The minimum absolute atomic E-state index is 0.169. The lowest BCUT2D eigenvalue weighted by Crippen LogP contribution is -2.48. The number of para-hydroxylation sites is 1. The first-order chi connectivity index (χ1) is 13.6. The number of nitrogens with one attached hydrogen (secondary N) is 1. The third-order valence-corrected chi connectivity index (χ3v) is 5.15. The number of nitrogens with zero attached hydrogens (tertiary/aromatic N) is 1. The van der Waals surface area contributed by atoms with Gasteiger partial charge in [0.2, 0.25) is 5.91 Å². The molecule has 4 rings (SSSR count). The van der Waals surface area contributed by atoms with E-state index in [0.29, 0.717) is 23.6 Å². The van der Waals surface area contributed by atoms with Gasteiger partial charge in [0.05, 0.1) is 0 Å². The summed E-state index contributed by atoms with van der Waals surface area (Å²) in [5.41, 5.74) is 3.31. The smallest absolute Gasteiger partial charge is 0.259 e. The first-order valence-electron chi connectivity index (χ1n) is 9.12. The Morgan fingerprint density at radius 3 is 2.36 bits per heavy atom. The summed E-state index contributed by atoms with van der Waals surface area (Å²) in [7, 11) is 0. The Morgan fingerprint density at radius 1 is 0.929 bits per heavy atom. The number of amides is 2. The number of benzene rings is 3. The maximum absolute atomic E-state index is 13.2. The highest BCUT2D eigenvalue weighted by Gasteiger charge is 2.38. The third-order valence-electron chi connectivity index (χ3n) is 4.90. The van der Waals surface area contributed by atoms with Crippen LogP contribution < -0.4 is 10.2 Å². The van der Waals surface area contributed by atoms with E-state index in [9.17, 15) is 9.59 Å². The van der Waals surface area contributed by atoms with Crippen molar-refractivity contribution in [3.05, 3.63) is 101 Å². The van der Waals surface area contributed by atoms with Gasteiger partial charge in [-0.25, -0.2) is 0 Å². The van der Waals surface area contributed by atoms with Gasteiger partial charge in [0.15, 0.2) is 0 Å². The molecule has 0 fully saturated rings. The Morgan fingerprint density at radius 2 is 1.61 bits per heavy atom. The maximum Gasteiger partial charge on any atom is 0.259 e. The molecule has 0 spiro atoms. The quantitative estimate of drug-likeness (QED) is 0.724. The van der Waals surface area contributed by atoms with Crippen LogP contribution in [-0.2, 0) is 17.8 Å². The fraction of sp³-hybridized carbons (Fsp3) is 0.130. The number of carbonyl (C=O) groups excluding carboxylic acids is 2. The maximum atomic E-state index is 13.2. The number of fused-ring (bicyclic) bond motifs is 1. The van der Waals surface area contributed by atoms with E-state index in [0.717, 1.165) is 16.8 Å². The number of hydrogen-bond acceptors (Lipinski definition) is 2. The number of hydrogen-bond donors (Lipinski definition) is 1. The highest BCUT2D eigenvalue weighted by Crippen LogP contribution is 2.33. The monoisotopic (exact) mass is 390 g/mol. The number of halogens is 1. The number of anilines is 1. The zero-order valence-corrected chi connectivity index (χ0v) is 15.9. The van der Waals surface area contributed by atoms with Crippen molar-refractivity contribution in [3.8, 4) is 0 Å². The summed E-state index contributed by atoms with van der Waals surface area (Å²) in [6.45, 7) is 0.385. The molecule has 5 heteroatoms. The molecule has 0 saturated heterocycles. The fourth-order valence-corrected chi connectivity index (χ4v) is 3.60. The molecule has 1 unspecified atom stereocenters. The van der Waals surface area contributed by atoms with Gasteiger partial charge in [0.25, 0.3) is 5.91 Å². The van der Waals surface area contributed by atoms with Gasteiger partial charge in [0, 0.05) is 29.2 Å². The molecule has 2 amide bonds. The van der Waals surface area contributed by atoms with Crippen molar-refractivity contribution in [2.75, 3.05) is 4.90 Å². The topological polar surface area (TPSA) is 49.4 Å². The SMILES string of the molecule is O=C(NCc1ccc(Cl)cc1)C1Cc2ccccc2N1C(=O)c1ccccc1. The lowest BCUT2D eigenvalue weighted by molar-refractivity contribution is -0.122. The van der Waals surface area contributed by atoms with Crippen LogP contribution in [-0.4, -0.2) is 17.9 Å². The molecular weight excluding hydrogens is 372 g/mol. The van der Waals surface area contributed by atoms with Crippen molar-refractivity contribution in [2.45, 2.75) is 19.0 Å². The van der Waals surface area contributed by atoms with E-state index in [2.05, 4.69) is 5.32 Å². The Balaban J connectivity index is 1.57. The summed E-state index contributed by atoms with van der Waals surface area (Å²) in [6.07, 6.45) is 0.501.